The van der Waals surface area contributed by atoms with Gasteiger partial charge in [-0.1, -0.05) is 42.5 Å². The van der Waals surface area contributed by atoms with E-state index in [9.17, 15) is 15.3 Å². The summed E-state index contributed by atoms with van der Waals surface area (Å²) in [5, 5.41) is 30.0. The Bertz CT molecular complexity index is 1230. The van der Waals surface area contributed by atoms with Crippen molar-refractivity contribution in [3.05, 3.63) is 59.2 Å². The first-order valence-corrected chi connectivity index (χ1v) is 11.5. The van der Waals surface area contributed by atoms with Crippen LogP contribution < -0.4 is 5.73 Å². The highest BCUT2D eigenvalue weighted by Crippen LogP contribution is 2.39. The Labute approximate surface area is 196 Å². The van der Waals surface area contributed by atoms with Crippen molar-refractivity contribution in [1.29, 1.82) is 0 Å². The van der Waals surface area contributed by atoms with Gasteiger partial charge in [0.15, 0.2) is 17.7 Å². The second-order valence-corrected chi connectivity index (χ2v) is 9.25. The van der Waals surface area contributed by atoms with Crippen LogP contribution in [0, 0.1) is 0 Å². The molecular weight excluding hydrogens is 434 g/mol. The van der Waals surface area contributed by atoms with Gasteiger partial charge in [-0.2, -0.15) is 0 Å². The summed E-state index contributed by atoms with van der Waals surface area (Å²) in [5.41, 5.74) is 12.8. The van der Waals surface area contributed by atoms with Crippen molar-refractivity contribution in [3.8, 4) is 11.1 Å². The molecular formula is C25H27N5O4. The highest BCUT2D eigenvalue weighted by Gasteiger charge is 2.50. The molecule has 0 bridgehead atoms. The van der Waals surface area contributed by atoms with E-state index in [4.69, 9.17) is 10.5 Å². The van der Waals surface area contributed by atoms with Gasteiger partial charge in [0.05, 0.1) is 6.61 Å². The molecule has 1 aliphatic carbocycles. The summed E-state index contributed by atoms with van der Waals surface area (Å²) in [5.74, 6) is 0.484. The van der Waals surface area contributed by atoms with Crippen LogP contribution in [0.2, 0.25) is 0 Å². The first kappa shape index (κ1) is 21.6. The van der Waals surface area contributed by atoms with Crippen LogP contribution in [0.25, 0.3) is 11.1 Å². The number of ether oxygens (including phenoxy) is 1. The molecule has 0 amide bonds. The zero-order chi connectivity index (χ0) is 23.4. The number of fused-ring (bicyclic) bond motifs is 4. The van der Waals surface area contributed by atoms with Gasteiger partial charge in [0, 0.05) is 0 Å². The van der Waals surface area contributed by atoms with Crippen LogP contribution in [-0.2, 0) is 17.6 Å². The standard InChI is InChI=1S/C25H27N5O4/c26-25(9-8-14-5-3-7-17-16-6-2-1-4-15(16)10-18(14)17)22-23(27-12-29-25)30(13-28-22)24-21(33)20(32)19(11-31)34-24/h1-7,12,19-21,24,31-33H,8-11,13,26H2/t19-,20-,21-,24-,25?/m1/s1. The molecule has 1 unspecified atom stereocenters. The largest absolute Gasteiger partial charge is 0.394 e. The van der Waals surface area contributed by atoms with Gasteiger partial charge in [0.1, 0.15) is 37.0 Å². The third kappa shape index (κ3) is 3.24. The Kier molecular flexibility index (Phi) is 5.12. The van der Waals surface area contributed by atoms with Gasteiger partial charge in [0.2, 0.25) is 0 Å². The van der Waals surface area contributed by atoms with Crippen molar-refractivity contribution in [1.82, 2.24) is 4.90 Å². The van der Waals surface area contributed by atoms with Crippen LogP contribution in [0.4, 0.5) is 0 Å². The van der Waals surface area contributed by atoms with E-state index in [1.165, 1.54) is 34.2 Å². The van der Waals surface area contributed by atoms with E-state index in [-0.39, 0.29) is 6.67 Å². The fourth-order valence-corrected chi connectivity index (χ4v) is 5.44. The van der Waals surface area contributed by atoms with Crippen molar-refractivity contribution < 1.29 is 20.1 Å². The lowest BCUT2D eigenvalue weighted by molar-refractivity contribution is -0.0688. The molecule has 9 nitrogen and oxygen atoms in total. The van der Waals surface area contributed by atoms with E-state index < -0.39 is 36.8 Å². The molecule has 34 heavy (non-hydrogen) atoms. The van der Waals surface area contributed by atoms with Gasteiger partial charge in [-0.15, -0.1) is 0 Å². The van der Waals surface area contributed by atoms with Crippen molar-refractivity contribution >= 4 is 17.9 Å². The molecule has 5 atom stereocenters. The van der Waals surface area contributed by atoms with Crippen molar-refractivity contribution in [2.24, 2.45) is 20.7 Å². The molecule has 0 spiro atoms. The lowest BCUT2D eigenvalue weighted by Gasteiger charge is -2.32. The average molecular weight is 462 g/mol. The Morgan fingerprint density at radius 1 is 1.09 bits per heavy atom. The number of nitrogens with zero attached hydrogens (tertiary/aromatic N) is 4. The quantitative estimate of drug-likeness (QED) is 0.435. The normalized spacial score (nSPS) is 31.2. The summed E-state index contributed by atoms with van der Waals surface area (Å²) in [6, 6.07) is 14.9. The monoisotopic (exact) mass is 461 g/mol. The number of aryl methyl sites for hydroxylation is 1. The minimum absolute atomic E-state index is 0.180. The second kappa shape index (κ2) is 8.07. The molecule has 6 rings (SSSR count). The van der Waals surface area contributed by atoms with Gasteiger partial charge in [0.25, 0.3) is 0 Å². The van der Waals surface area contributed by atoms with Crippen LogP contribution in [0.1, 0.15) is 23.1 Å². The fraction of sp³-hybridized carbons (Fsp3) is 0.400. The number of benzene rings is 2. The zero-order valence-corrected chi connectivity index (χ0v) is 18.6. The molecule has 9 heteroatoms. The Hall–Kier alpha value is -2.95. The number of rotatable bonds is 5. The van der Waals surface area contributed by atoms with Gasteiger partial charge < -0.3 is 30.7 Å². The number of nitrogens with two attached hydrogens (primary N) is 1. The van der Waals surface area contributed by atoms with E-state index in [1.807, 2.05) is 0 Å². The maximum atomic E-state index is 10.5. The number of hydrogen-bond acceptors (Lipinski definition) is 9. The number of aliphatic imine (C=N–C) groups is 3. The van der Waals surface area contributed by atoms with Crippen LogP contribution in [-0.4, -0.2) is 81.6 Å². The molecule has 0 aromatic heterocycles. The predicted octanol–water partition coefficient (Wildman–Crippen LogP) is 0.439. The second-order valence-electron chi connectivity index (χ2n) is 9.25. The van der Waals surface area contributed by atoms with Gasteiger partial charge in [-0.25, -0.2) is 9.98 Å². The van der Waals surface area contributed by atoms with Gasteiger partial charge >= 0.3 is 0 Å². The topological polar surface area (TPSA) is 136 Å². The van der Waals surface area contributed by atoms with E-state index in [0.717, 1.165) is 12.8 Å². The van der Waals surface area contributed by atoms with Crippen molar-refractivity contribution in [3.63, 3.8) is 0 Å². The average Bonchev–Trinajstić information content (AvgIpc) is 3.53. The van der Waals surface area contributed by atoms with Crippen LogP contribution in [0.5, 0.6) is 0 Å². The number of amidine groups is 1. The van der Waals surface area contributed by atoms with E-state index in [2.05, 4.69) is 57.4 Å². The molecule has 176 valence electrons. The smallest absolute Gasteiger partial charge is 0.162 e. The lowest BCUT2D eigenvalue weighted by atomic mass is 9.91. The number of hydrogen-bond donors (Lipinski definition) is 4. The van der Waals surface area contributed by atoms with Crippen LogP contribution in [0.15, 0.2) is 57.4 Å². The number of aliphatic hydroxyl groups excluding tert-OH is 3. The third-order valence-electron chi connectivity index (χ3n) is 7.29. The van der Waals surface area contributed by atoms with Crippen LogP contribution >= 0.6 is 0 Å². The summed E-state index contributed by atoms with van der Waals surface area (Å²) < 4.78 is 5.68. The lowest BCUT2D eigenvalue weighted by Crippen LogP contribution is -2.55. The summed E-state index contributed by atoms with van der Waals surface area (Å²) in [7, 11) is 0. The minimum atomic E-state index is -1.20. The molecule has 5 N–H and O–H groups in total. The molecule has 1 saturated heterocycles. The molecule has 3 aliphatic heterocycles. The minimum Gasteiger partial charge on any atom is -0.394 e. The molecule has 0 saturated carbocycles. The Morgan fingerprint density at radius 2 is 1.91 bits per heavy atom. The molecule has 1 fully saturated rings. The summed E-state index contributed by atoms with van der Waals surface area (Å²) in [6.07, 6.45) is -0.525. The first-order chi connectivity index (χ1) is 16.5. The third-order valence-corrected chi connectivity index (χ3v) is 7.29. The predicted molar refractivity (Wildman–Crippen MR) is 128 cm³/mol. The summed E-state index contributed by atoms with van der Waals surface area (Å²) in [6.45, 7) is -0.213. The maximum Gasteiger partial charge on any atom is 0.162 e. The molecule has 0 radical (unpaired) electrons. The number of aliphatic hydroxyl groups is 3. The van der Waals surface area contributed by atoms with E-state index in [1.54, 1.807) is 4.90 Å². The summed E-state index contributed by atoms with van der Waals surface area (Å²) >= 11 is 0. The highest BCUT2D eigenvalue weighted by molar-refractivity contribution is 6.47. The highest BCUT2D eigenvalue weighted by atomic mass is 16.6. The van der Waals surface area contributed by atoms with Gasteiger partial charge in [-0.3, -0.25) is 4.99 Å². The van der Waals surface area contributed by atoms with Crippen LogP contribution in [0.3, 0.4) is 0 Å². The molecule has 4 aliphatic rings. The maximum absolute atomic E-state index is 10.5. The van der Waals surface area contributed by atoms with Gasteiger partial charge in [-0.05, 0) is 47.1 Å². The zero-order valence-electron chi connectivity index (χ0n) is 18.6. The SMILES string of the molecule is NC1(CCc2cccc3c2Cc2ccccc2-3)N=CN=C2C1=NCN2[C@@H]1O[C@H](CO)[C@@H](O)[C@H]1O. The van der Waals surface area contributed by atoms with Crippen molar-refractivity contribution in [2.45, 2.75) is 49.5 Å². The Morgan fingerprint density at radius 3 is 2.74 bits per heavy atom. The molecule has 2 aromatic rings. The Balaban J connectivity index is 1.21. The summed E-state index contributed by atoms with van der Waals surface area (Å²) in [4.78, 5) is 15.1. The molecule has 3 heterocycles. The fourth-order valence-electron chi connectivity index (χ4n) is 5.44. The molecule has 2 aromatic carbocycles. The first-order valence-electron chi connectivity index (χ1n) is 11.5. The van der Waals surface area contributed by atoms with E-state index >= 15 is 0 Å². The van der Waals surface area contributed by atoms with E-state index in [0.29, 0.717) is 18.0 Å². The van der Waals surface area contributed by atoms with Crippen molar-refractivity contribution in [2.75, 3.05) is 13.3 Å².